The van der Waals surface area contributed by atoms with Crippen molar-refractivity contribution < 1.29 is 13.9 Å². The van der Waals surface area contributed by atoms with E-state index in [1.165, 1.54) is 31.5 Å². The van der Waals surface area contributed by atoms with Crippen molar-refractivity contribution >= 4 is 17.9 Å². The molecule has 0 aliphatic carbocycles. The summed E-state index contributed by atoms with van der Waals surface area (Å²) >= 11 is 0. The molecule has 9 heteroatoms. The van der Waals surface area contributed by atoms with Gasteiger partial charge in [0.1, 0.15) is 23.0 Å². The van der Waals surface area contributed by atoms with Gasteiger partial charge in [-0.25, -0.2) is 19.3 Å². The number of anilines is 1. The van der Waals surface area contributed by atoms with Gasteiger partial charge >= 0.3 is 0 Å². The summed E-state index contributed by atoms with van der Waals surface area (Å²) in [7, 11) is 1.71. The monoisotopic (exact) mass is 460 g/mol. The molecular weight excluding hydrogens is 423 g/mol. The number of nitrogens with two attached hydrogens (primary N) is 1. The minimum absolute atomic E-state index is 0.0417. The van der Waals surface area contributed by atoms with E-state index < -0.39 is 0 Å². The molecule has 0 unspecified atom stereocenters. The van der Waals surface area contributed by atoms with Crippen molar-refractivity contribution in [3.8, 4) is 11.5 Å². The van der Waals surface area contributed by atoms with Crippen molar-refractivity contribution in [3.05, 3.63) is 42.6 Å². The van der Waals surface area contributed by atoms with Crippen molar-refractivity contribution in [1.82, 2.24) is 24.3 Å². The number of nitrogen functional groups attached to an aromatic ring is 1. The Morgan fingerprint density at radius 1 is 1.09 bits per heavy atom. The van der Waals surface area contributed by atoms with Gasteiger partial charge in [0.2, 0.25) is 6.41 Å². The molecule has 0 radical (unpaired) electrons. The summed E-state index contributed by atoms with van der Waals surface area (Å²) in [4.78, 5) is 24.2. The van der Waals surface area contributed by atoms with Gasteiger partial charge in [-0.3, -0.25) is 9.20 Å². The van der Waals surface area contributed by atoms with Crippen LogP contribution in [-0.4, -0.2) is 56.5 Å². The molecule has 0 aromatic carbocycles. The molecule has 0 spiro atoms. The summed E-state index contributed by atoms with van der Waals surface area (Å²) in [6.45, 7) is 12.0. The molecule has 1 aliphatic rings. The van der Waals surface area contributed by atoms with Gasteiger partial charge in [-0.05, 0) is 58.2 Å². The van der Waals surface area contributed by atoms with Crippen LogP contribution in [0.5, 0.6) is 0 Å². The minimum atomic E-state index is -0.347. The maximum absolute atomic E-state index is 13.2. The second-order valence-electron chi connectivity index (χ2n) is 8.04. The third-order valence-corrected chi connectivity index (χ3v) is 4.53. The topological polar surface area (TPSA) is 98.6 Å². The third kappa shape index (κ3) is 9.95. The number of amides is 1. The number of fused-ring (bicyclic) bond motifs is 1. The maximum Gasteiger partial charge on any atom is 0.209 e. The third-order valence-electron chi connectivity index (χ3n) is 4.53. The van der Waals surface area contributed by atoms with Crippen LogP contribution in [0.25, 0.3) is 17.2 Å². The van der Waals surface area contributed by atoms with Crippen molar-refractivity contribution in [3.63, 3.8) is 0 Å². The summed E-state index contributed by atoms with van der Waals surface area (Å²) in [6, 6.07) is 4.53. The molecule has 182 valence electrons. The van der Waals surface area contributed by atoms with Crippen LogP contribution >= 0.6 is 0 Å². The molecule has 4 heterocycles. The Bertz CT molecular complexity index is 965. The van der Waals surface area contributed by atoms with Gasteiger partial charge in [0.05, 0.1) is 11.8 Å². The molecule has 0 bridgehead atoms. The van der Waals surface area contributed by atoms with Crippen molar-refractivity contribution in [2.24, 2.45) is 0 Å². The highest BCUT2D eigenvalue weighted by Gasteiger charge is 2.09. The van der Waals surface area contributed by atoms with Crippen LogP contribution in [0.1, 0.15) is 53.9 Å². The largest absolute Gasteiger partial charge is 0.384 e. The van der Waals surface area contributed by atoms with E-state index in [4.69, 9.17) is 10.5 Å². The zero-order valence-corrected chi connectivity index (χ0v) is 20.6. The van der Waals surface area contributed by atoms with Crippen LogP contribution in [-0.2, 0) is 9.53 Å². The van der Waals surface area contributed by atoms with E-state index in [2.05, 4.69) is 15.0 Å². The lowest BCUT2D eigenvalue weighted by Crippen LogP contribution is -2.27. The number of pyridine rings is 1. The molecule has 1 amide bonds. The highest BCUT2D eigenvalue weighted by Crippen LogP contribution is 2.17. The van der Waals surface area contributed by atoms with E-state index in [0.29, 0.717) is 23.0 Å². The first-order valence-electron chi connectivity index (χ1n) is 11.2. The van der Waals surface area contributed by atoms with Gasteiger partial charge in [0, 0.05) is 32.6 Å². The van der Waals surface area contributed by atoms with Gasteiger partial charge in [-0.2, -0.15) is 0 Å². The Hall–Kier alpha value is -3.07. The van der Waals surface area contributed by atoms with Gasteiger partial charge in [-0.15, -0.1) is 0 Å². The molecule has 1 aliphatic heterocycles. The predicted octanol–water partition coefficient (Wildman–Crippen LogP) is 4.60. The van der Waals surface area contributed by atoms with Crippen molar-refractivity contribution in [2.45, 2.75) is 59.5 Å². The lowest BCUT2D eigenvalue weighted by Gasteiger charge is -2.21. The Morgan fingerprint density at radius 3 is 2.24 bits per heavy atom. The summed E-state index contributed by atoms with van der Waals surface area (Å²) < 4.78 is 19.7. The lowest BCUT2D eigenvalue weighted by atomic mass is 10.1. The molecule has 4 rings (SSSR count). The predicted molar refractivity (Wildman–Crippen MR) is 130 cm³/mol. The molecule has 2 N–H and O–H groups in total. The number of hydrogen-bond donors (Lipinski definition) is 1. The first kappa shape index (κ1) is 28.0. The van der Waals surface area contributed by atoms with E-state index in [-0.39, 0.29) is 11.4 Å². The van der Waals surface area contributed by atoms with Gasteiger partial charge in [-0.1, -0.05) is 13.8 Å². The zero-order valence-electron chi connectivity index (χ0n) is 20.6. The van der Waals surface area contributed by atoms with E-state index in [1.807, 2.05) is 39.5 Å². The van der Waals surface area contributed by atoms with Crippen LogP contribution in [0, 0.1) is 5.82 Å². The maximum atomic E-state index is 13.2. The van der Waals surface area contributed by atoms with E-state index in [1.54, 1.807) is 36.0 Å². The van der Waals surface area contributed by atoms with Crippen LogP contribution in [0.2, 0.25) is 0 Å². The fourth-order valence-electron chi connectivity index (χ4n) is 2.64. The van der Waals surface area contributed by atoms with Crippen LogP contribution in [0.15, 0.2) is 36.8 Å². The first-order valence-corrected chi connectivity index (χ1v) is 11.2. The standard InChI is InChI=1S/C11H8FN5.C6H11NO.C5H12O.C2H6/c12-7-1-2-10-15-5-8(17(10)6-7)11-14-4-3-9(13)16-11;8-6-7-4-2-1-3-5-7;1-5(2,3)6-4;1-2/h1-6H,(H2,13,14,16);6H,1-5H2;1-4H3;1-2H3. The molecule has 3 aromatic rings. The summed E-state index contributed by atoms with van der Waals surface area (Å²) in [5, 5.41) is 0. The van der Waals surface area contributed by atoms with Gasteiger partial charge in [0.15, 0.2) is 5.82 Å². The number of ether oxygens (including phenoxy) is 1. The number of rotatable bonds is 2. The molecule has 0 saturated carbocycles. The number of halogens is 1. The van der Waals surface area contributed by atoms with Crippen LogP contribution in [0.3, 0.4) is 0 Å². The number of imidazole rings is 1. The van der Waals surface area contributed by atoms with E-state index in [0.717, 1.165) is 19.5 Å². The van der Waals surface area contributed by atoms with E-state index in [9.17, 15) is 9.18 Å². The zero-order chi connectivity index (χ0) is 24.9. The number of carbonyl (C=O) groups excluding carboxylic acids is 1. The Balaban J connectivity index is 0.000000285. The molecule has 1 saturated heterocycles. The van der Waals surface area contributed by atoms with Crippen molar-refractivity contribution in [1.29, 1.82) is 0 Å². The van der Waals surface area contributed by atoms with Gasteiger partial charge < -0.3 is 15.4 Å². The molecule has 0 atom stereocenters. The summed E-state index contributed by atoms with van der Waals surface area (Å²) in [5.41, 5.74) is 6.86. The molecule has 33 heavy (non-hydrogen) atoms. The fourth-order valence-corrected chi connectivity index (χ4v) is 2.64. The second kappa shape index (κ2) is 14.2. The number of aromatic nitrogens is 4. The summed E-state index contributed by atoms with van der Waals surface area (Å²) in [5.74, 6) is 0.435. The van der Waals surface area contributed by atoms with Crippen LogP contribution < -0.4 is 5.73 Å². The quantitative estimate of drug-likeness (QED) is 0.561. The highest BCUT2D eigenvalue weighted by atomic mass is 19.1. The SMILES string of the molecule is CC.COC(C)(C)C.Nc1ccnc(-c2cnc3ccc(F)cn23)n1.O=CN1CCCCC1. The number of carbonyl (C=O) groups is 1. The van der Waals surface area contributed by atoms with Crippen molar-refractivity contribution in [2.75, 3.05) is 25.9 Å². The average molecular weight is 461 g/mol. The number of piperidine rings is 1. The van der Waals surface area contributed by atoms with E-state index >= 15 is 0 Å². The summed E-state index contributed by atoms with van der Waals surface area (Å²) in [6.07, 6.45) is 9.10. The Morgan fingerprint density at radius 2 is 1.73 bits per heavy atom. The fraction of sp³-hybridized carbons (Fsp3) is 0.500. The number of likely N-dealkylation sites (tertiary alicyclic amines) is 1. The molecule has 8 nitrogen and oxygen atoms in total. The molecular formula is C24H37FN6O2. The highest BCUT2D eigenvalue weighted by molar-refractivity contribution is 5.57. The second-order valence-corrected chi connectivity index (χ2v) is 8.04. The minimum Gasteiger partial charge on any atom is -0.384 e. The molecule has 3 aromatic heterocycles. The average Bonchev–Trinajstić information content (AvgIpc) is 3.24. The smallest absolute Gasteiger partial charge is 0.209 e. The Kier molecular flexibility index (Phi) is 12.0. The Labute approximate surface area is 196 Å². The van der Waals surface area contributed by atoms with Gasteiger partial charge in [0.25, 0.3) is 0 Å². The normalized spacial score (nSPS) is 13.0. The number of hydrogen-bond acceptors (Lipinski definition) is 6. The van der Waals surface area contributed by atoms with Crippen LogP contribution in [0.4, 0.5) is 10.2 Å². The number of methoxy groups -OCH3 is 1. The lowest BCUT2D eigenvalue weighted by molar-refractivity contribution is -0.118. The molecule has 1 fully saturated rings. The first-order chi connectivity index (χ1) is 15.7. The number of nitrogens with zero attached hydrogens (tertiary/aromatic N) is 5.